The van der Waals surface area contributed by atoms with Crippen molar-refractivity contribution >= 4 is 0 Å². The van der Waals surface area contributed by atoms with Gasteiger partial charge in [-0.25, -0.2) is 4.79 Å². The highest BCUT2D eigenvalue weighted by atomic mass is 16.2. The van der Waals surface area contributed by atoms with Crippen LogP contribution in [0.3, 0.4) is 0 Å². The van der Waals surface area contributed by atoms with Crippen molar-refractivity contribution < 1.29 is 0 Å². The molecule has 0 unspecified atom stereocenters. The molecule has 0 aliphatic heterocycles. The number of hydrogen-bond acceptors (Lipinski definition) is 2. The molecule has 0 aliphatic carbocycles. The summed E-state index contributed by atoms with van der Waals surface area (Å²) in [5.41, 5.74) is 1.19. The third-order valence-electron chi connectivity index (χ3n) is 2.70. The van der Waals surface area contributed by atoms with Gasteiger partial charge in [-0.15, -0.1) is 0 Å². The van der Waals surface area contributed by atoms with Gasteiger partial charge in [0.15, 0.2) is 0 Å². The maximum Gasteiger partial charge on any atom is 0.328 e. The molecule has 4 nitrogen and oxygen atoms in total. The van der Waals surface area contributed by atoms with Crippen LogP contribution in [0.5, 0.6) is 0 Å². The molecule has 1 aromatic rings. The van der Waals surface area contributed by atoms with Crippen LogP contribution in [0.2, 0.25) is 0 Å². The zero-order valence-corrected chi connectivity index (χ0v) is 10.3. The van der Waals surface area contributed by atoms with Gasteiger partial charge in [0.1, 0.15) is 0 Å². The Labute approximate surface area is 95.3 Å². The minimum Gasteiger partial charge on any atom is -0.297 e. The molecule has 1 N–H and O–H groups in total. The number of rotatable bonds is 5. The molecule has 0 spiro atoms. The van der Waals surface area contributed by atoms with E-state index in [1.54, 1.807) is 4.57 Å². The summed E-state index contributed by atoms with van der Waals surface area (Å²) in [5.74, 6) is 0. The lowest BCUT2D eigenvalue weighted by Gasteiger charge is -2.14. The Morgan fingerprint density at radius 2 is 1.81 bits per heavy atom. The van der Waals surface area contributed by atoms with Gasteiger partial charge in [-0.3, -0.25) is 14.3 Å². The van der Waals surface area contributed by atoms with Gasteiger partial charge in [0.05, 0.1) is 0 Å². The molecule has 0 aromatic carbocycles. The molecule has 1 rings (SSSR count). The maximum atomic E-state index is 11.7. The van der Waals surface area contributed by atoms with Gasteiger partial charge in [-0.2, -0.15) is 0 Å². The number of aromatic nitrogens is 2. The van der Waals surface area contributed by atoms with Gasteiger partial charge < -0.3 is 0 Å². The third-order valence-corrected chi connectivity index (χ3v) is 2.70. The van der Waals surface area contributed by atoms with Crippen LogP contribution in [0, 0.1) is 0 Å². The Morgan fingerprint density at radius 1 is 1.12 bits per heavy atom. The van der Waals surface area contributed by atoms with Gasteiger partial charge in [0.2, 0.25) is 0 Å². The van der Waals surface area contributed by atoms with E-state index in [0.29, 0.717) is 13.0 Å². The fourth-order valence-electron chi connectivity index (χ4n) is 2.00. The summed E-state index contributed by atoms with van der Waals surface area (Å²) in [6, 6.07) is 0. The van der Waals surface area contributed by atoms with E-state index in [-0.39, 0.29) is 11.2 Å². The quantitative estimate of drug-likeness (QED) is 0.823. The van der Waals surface area contributed by atoms with Gasteiger partial charge in [-0.1, -0.05) is 27.2 Å². The number of nitrogens with one attached hydrogen (secondary N) is 1. The molecular weight excluding hydrogens is 204 g/mol. The summed E-state index contributed by atoms with van der Waals surface area (Å²) in [6.45, 7) is 6.71. The van der Waals surface area contributed by atoms with Crippen molar-refractivity contribution in [1.82, 2.24) is 9.55 Å². The van der Waals surface area contributed by atoms with Crippen molar-refractivity contribution in [2.75, 3.05) is 0 Å². The summed E-state index contributed by atoms with van der Waals surface area (Å²) >= 11 is 0. The van der Waals surface area contributed by atoms with Crippen molar-refractivity contribution in [3.63, 3.8) is 0 Å². The lowest BCUT2D eigenvalue weighted by atomic mass is 10.1. The summed E-state index contributed by atoms with van der Waals surface area (Å²) < 4.78 is 1.71. The van der Waals surface area contributed by atoms with Crippen molar-refractivity contribution in [3.8, 4) is 0 Å². The Bertz CT molecular complexity index is 457. The normalized spacial score (nSPS) is 10.7. The fourth-order valence-corrected chi connectivity index (χ4v) is 2.00. The number of hydrogen-bond donors (Lipinski definition) is 1. The standard InChI is InChI=1S/C12H20N2O2/c1-4-7-10-9(6-3)11(15)13-12(16)14(10)8-5-2/h4-8H2,1-3H3,(H,13,15,16). The molecular formula is C12H20N2O2. The van der Waals surface area contributed by atoms with Crippen LogP contribution in [-0.2, 0) is 19.4 Å². The average Bonchev–Trinajstić information content (AvgIpc) is 2.24. The SMILES string of the molecule is CCCc1c(CC)c(=O)[nH]c(=O)n1CCC. The Morgan fingerprint density at radius 3 is 2.31 bits per heavy atom. The van der Waals surface area contributed by atoms with Gasteiger partial charge in [-0.05, 0) is 19.3 Å². The molecule has 0 radical (unpaired) electrons. The fraction of sp³-hybridized carbons (Fsp3) is 0.667. The highest BCUT2D eigenvalue weighted by molar-refractivity contribution is 5.18. The number of H-pyrrole nitrogens is 1. The lowest BCUT2D eigenvalue weighted by Crippen LogP contribution is -2.35. The first-order chi connectivity index (χ1) is 7.65. The van der Waals surface area contributed by atoms with Crippen LogP contribution >= 0.6 is 0 Å². The highest BCUT2D eigenvalue weighted by Crippen LogP contribution is 2.06. The molecule has 0 amide bonds. The Kier molecular flexibility index (Phi) is 4.52. The topological polar surface area (TPSA) is 54.9 Å². The van der Waals surface area contributed by atoms with Crippen molar-refractivity contribution in [2.45, 2.75) is 53.0 Å². The van der Waals surface area contributed by atoms with E-state index < -0.39 is 0 Å². The van der Waals surface area contributed by atoms with Crippen molar-refractivity contribution in [3.05, 3.63) is 32.1 Å². The molecule has 0 atom stereocenters. The average molecular weight is 224 g/mol. The zero-order chi connectivity index (χ0) is 12.1. The first-order valence-electron chi connectivity index (χ1n) is 6.00. The van der Waals surface area contributed by atoms with Gasteiger partial charge in [0.25, 0.3) is 5.56 Å². The summed E-state index contributed by atoms with van der Waals surface area (Å²) in [6.07, 6.45) is 3.31. The Hall–Kier alpha value is -1.32. The minimum atomic E-state index is -0.271. The monoisotopic (exact) mass is 224 g/mol. The van der Waals surface area contributed by atoms with E-state index in [4.69, 9.17) is 0 Å². The second-order valence-corrected chi connectivity index (χ2v) is 3.94. The van der Waals surface area contributed by atoms with Crippen LogP contribution in [0.15, 0.2) is 9.59 Å². The molecule has 4 heteroatoms. The van der Waals surface area contributed by atoms with Crippen LogP contribution < -0.4 is 11.2 Å². The van der Waals surface area contributed by atoms with Crippen LogP contribution in [0.1, 0.15) is 44.9 Å². The molecule has 0 bridgehead atoms. The van der Waals surface area contributed by atoms with Crippen molar-refractivity contribution in [1.29, 1.82) is 0 Å². The van der Waals surface area contributed by atoms with Gasteiger partial charge >= 0.3 is 5.69 Å². The molecule has 1 aromatic heterocycles. The number of aromatic amines is 1. The summed E-state index contributed by atoms with van der Waals surface area (Å²) in [4.78, 5) is 25.7. The zero-order valence-electron chi connectivity index (χ0n) is 10.3. The second-order valence-electron chi connectivity index (χ2n) is 3.94. The van der Waals surface area contributed by atoms with E-state index in [1.165, 1.54) is 0 Å². The van der Waals surface area contributed by atoms with E-state index >= 15 is 0 Å². The Balaban J connectivity index is 3.45. The smallest absolute Gasteiger partial charge is 0.297 e. The van der Waals surface area contributed by atoms with Crippen LogP contribution in [0.25, 0.3) is 0 Å². The molecule has 0 fully saturated rings. The van der Waals surface area contributed by atoms with Crippen LogP contribution in [0.4, 0.5) is 0 Å². The van der Waals surface area contributed by atoms with Crippen molar-refractivity contribution in [2.24, 2.45) is 0 Å². The van der Waals surface area contributed by atoms with Crippen LogP contribution in [-0.4, -0.2) is 9.55 Å². The predicted octanol–water partition coefficient (Wildman–Crippen LogP) is 1.46. The lowest BCUT2D eigenvalue weighted by molar-refractivity contribution is 0.583. The molecule has 0 aliphatic rings. The molecule has 1 heterocycles. The number of nitrogens with zero attached hydrogens (tertiary/aromatic N) is 1. The first kappa shape index (κ1) is 12.7. The largest absolute Gasteiger partial charge is 0.328 e. The predicted molar refractivity (Wildman–Crippen MR) is 65.0 cm³/mol. The third kappa shape index (κ3) is 2.43. The molecule has 16 heavy (non-hydrogen) atoms. The molecule has 0 saturated carbocycles. The van der Waals surface area contributed by atoms with E-state index in [0.717, 1.165) is 30.5 Å². The minimum absolute atomic E-state index is 0.219. The first-order valence-corrected chi connectivity index (χ1v) is 6.00. The second kappa shape index (κ2) is 5.68. The summed E-state index contributed by atoms with van der Waals surface area (Å²) in [7, 11) is 0. The summed E-state index contributed by atoms with van der Waals surface area (Å²) in [5, 5.41) is 0. The van der Waals surface area contributed by atoms with E-state index in [2.05, 4.69) is 11.9 Å². The molecule has 0 saturated heterocycles. The maximum absolute atomic E-state index is 11.7. The van der Waals surface area contributed by atoms with E-state index in [1.807, 2.05) is 13.8 Å². The molecule has 90 valence electrons. The van der Waals surface area contributed by atoms with Gasteiger partial charge in [0, 0.05) is 17.8 Å². The highest BCUT2D eigenvalue weighted by Gasteiger charge is 2.11. The van der Waals surface area contributed by atoms with E-state index in [9.17, 15) is 9.59 Å².